The van der Waals surface area contributed by atoms with Crippen LogP contribution in [0.1, 0.15) is 12.8 Å². The zero-order valence-electron chi connectivity index (χ0n) is 14.9. The van der Waals surface area contributed by atoms with Crippen LogP contribution in [0, 0.1) is 0 Å². The number of piperidine rings is 1. The molecule has 1 unspecified atom stereocenters. The second-order valence-electron chi connectivity index (χ2n) is 6.59. The number of β-amino-alcohol motifs (C(OH)–C–C–N with tert-alkyl or cyclic N) is 1. The zero-order valence-corrected chi connectivity index (χ0v) is 14.9. The number of ether oxygens (including phenoxy) is 1. The third-order valence-corrected chi connectivity index (χ3v) is 4.57. The van der Waals surface area contributed by atoms with E-state index in [1.165, 1.54) is 0 Å². The average molecular weight is 355 g/mol. The molecule has 1 fully saturated rings. The summed E-state index contributed by atoms with van der Waals surface area (Å²) >= 11 is 0. The molecule has 2 amide bonds. The molecule has 2 aromatic rings. The van der Waals surface area contributed by atoms with Gasteiger partial charge in [0.25, 0.3) is 0 Å². The van der Waals surface area contributed by atoms with E-state index in [0.717, 1.165) is 29.8 Å². The van der Waals surface area contributed by atoms with Gasteiger partial charge >= 0.3 is 6.03 Å². The molecule has 0 aliphatic carbocycles. The number of carbonyl (C=O) groups is 1. The maximum atomic E-state index is 12.2. The Kier molecular flexibility index (Phi) is 5.75. The number of carbonyl (C=O) groups excluding carboxylic acids is 1. The van der Waals surface area contributed by atoms with Crippen molar-refractivity contribution in [3.05, 3.63) is 48.5 Å². The van der Waals surface area contributed by atoms with E-state index in [1.54, 1.807) is 7.11 Å². The molecular weight excluding hydrogens is 330 g/mol. The van der Waals surface area contributed by atoms with Crippen LogP contribution < -0.4 is 20.7 Å². The van der Waals surface area contributed by atoms with Gasteiger partial charge in [0.05, 0.1) is 12.7 Å². The maximum Gasteiger partial charge on any atom is 0.319 e. The van der Waals surface area contributed by atoms with E-state index >= 15 is 0 Å². The molecule has 0 saturated carbocycles. The lowest BCUT2D eigenvalue weighted by atomic mass is 9.94. The first-order valence-corrected chi connectivity index (χ1v) is 8.81. The molecule has 1 saturated heterocycles. The number of anilines is 1. The lowest BCUT2D eigenvalue weighted by Gasteiger charge is -2.32. The Morgan fingerprint density at radius 2 is 2.12 bits per heavy atom. The number of para-hydroxylation sites is 1. The second kappa shape index (κ2) is 8.21. The van der Waals surface area contributed by atoms with Crippen molar-refractivity contribution < 1.29 is 14.6 Å². The van der Waals surface area contributed by atoms with Gasteiger partial charge in [0, 0.05) is 24.3 Å². The lowest BCUT2D eigenvalue weighted by Crippen LogP contribution is -2.53. The van der Waals surface area contributed by atoms with E-state index in [-0.39, 0.29) is 12.6 Å². The second-order valence-corrected chi connectivity index (χ2v) is 6.59. The molecular formula is C20H25N3O3. The van der Waals surface area contributed by atoms with Crippen molar-refractivity contribution in [2.24, 2.45) is 0 Å². The van der Waals surface area contributed by atoms with Crippen LogP contribution in [0.5, 0.6) is 5.75 Å². The average Bonchev–Trinajstić information content (AvgIpc) is 2.67. The normalized spacial score (nSPS) is 19.6. The van der Waals surface area contributed by atoms with Crippen LogP contribution in [0.3, 0.4) is 0 Å². The van der Waals surface area contributed by atoms with Crippen LogP contribution in [0.25, 0.3) is 11.1 Å². The number of benzene rings is 2. The summed E-state index contributed by atoms with van der Waals surface area (Å²) in [5.41, 5.74) is 1.71. The van der Waals surface area contributed by atoms with E-state index in [4.69, 9.17) is 4.74 Å². The molecule has 6 nitrogen and oxygen atoms in total. The standard InChI is InChI=1S/C20H25N3O3/c1-26-18-9-3-2-8-17(18)15-6-4-7-16(12-15)23-19(24)22-14-20(25)10-5-11-21-13-20/h2-4,6-9,12,21,25H,5,10-11,13-14H2,1H3,(H2,22,23,24). The van der Waals surface area contributed by atoms with Crippen molar-refractivity contribution in [2.45, 2.75) is 18.4 Å². The van der Waals surface area contributed by atoms with Gasteiger partial charge in [0.2, 0.25) is 0 Å². The molecule has 0 radical (unpaired) electrons. The Labute approximate surface area is 153 Å². The first kappa shape index (κ1) is 18.2. The smallest absolute Gasteiger partial charge is 0.319 e. The number of hydrogen-bond acceptors (Lipinski definition) is 4. The first-order valence-electron chi connectivity index (χ1n) is 8.81. The predicted molar refractivity (Wildman–Crippen MR) is 103 cm³/mol. The van der Waals surface area contributed by atoms with Gasteiger partial charge in [-0.25, -0.2) is 4.79 Å². The number of rotatable bonds is 5. The minimum absolute atomic E-state index is 0.220. The summed E-state index contributed by atoms with van der Waals surface area (Å²) in [7, 11) is 1.64. The number of urea groups is 1. The number of nitrogens with one attached hydrogen (secondary N) is 3. The molecule has 0 aromatic heterocycles. The van der Waals surface area contributed by atoms with Crippen molar-refractivity contribution in [2.75, 3.05) is 32.1 Å². The molecule has 26 heavy (non-hydrogen) atoms. The number of aliphatic hydroxyl groups is 1. The zero-order chi connectivity index (χ0) is 18.4. The molecule has 3 rings (SSSR count). The molecule has 1 heterocycles. The van der Waals surface area contributed by atoms with Crippen molar-refractivity contribution >= 4 is 11.7 Å². The van der Waals surface area contributed by atoms with Crippen LogP contribution in [0.2, 0.25) is 0 Å². The Balaban J connectivity index is 1.64. The third-order valence-electron chi connectivity index (χ3n) is 4.57. The van der Waals surface area contributed by atoms with Crippen molar-refractivity contribution in [3.63, 3.8) is 0 Å². The van der Waals surface area contributed by atoms with Gasteiger partial charge in [0.1, 0.15) is 5.75 Å². The highest BCUT2D eigenvalue weighted by atomic mass is 16.5. The van der Waals surface area contributed by atoms with E-state index in [2.05, 4.69) is 16.0 Å². The fraction of sp³-hybridized carbons (Fsp3) is 0.350. The molecule has 0 bridgehead atoms. The van der Waals surface area contributed by atoms with Crippen LogP contribution in [0.4, 0.5) is 10.5 Å². The highest BCUT2D eigenvalue weighted by Gasteiger charge is 2.29. The first-order chi connectivity index (χ1) is 12.6. The predicted octanol–water partition coefficient (Wildman–Crippen LogP) is 2.60. The molecule has 4 N–H and O–H groups in total. The van der Waals surface area contributed by atoms with Crippen molar-refractivity contribution in [1.29, 1.82) is 0 Å². The quantitative estimate of drug-likeness (QED) is 0.664. The summed E-state index contributed by atoms with van der Waals surface area (Å²) in [6.45, 7) is 1.62. The fourth-order valence-electron chi connectivity index (χ4n) is 3.17. The summed E-state index contributed by atoms with van der Waals surface area (Å²) in [4.78, 5) is 12.2. The third kappa shape index (κ3) is 4.53. The maximum absolute atomic E-state index is 12.2. The summed E-state index contributed by atoms with van der Waals surface area (Å²) < 4.78 is 5.40. The monoisotopic (exact) mass is 355 g/mol. The van der Waals surface area contributed by atoms with Gasteiger partial charge in [-0.2, -0.15) is 0 Å². The molecule has 6 heteroatoms. The summed E-state index contributed by atoms with van der Waals surface area (Å²) in [5, 5.41) is 19.2. The SMILES string of the molecule is COc1ccccc1-c1cccc(NC(=O)NCC2(O)CCCNC2)c1. The molecule has 0 spiro atoms. The van der Waals surface area contributed by atoms with Gasteiger partial charge in [-0.15, -0.1) is 0 Å². The fourth-order valence-corrected chi connectivity index (χ4v) is 3.17. The highest BCUT2D eigenvalue weighted by Crippen LogP contribution is 2.30. The number of amides is 2. The Morgan fingerprint density at radius 3 is 2.88 bits per heavy atom. The molecule has 1 atom stereocenters. The minimum Gasteiger partial charge on any atom is -0.496 e. The Hall–Kier alpha value is -2.57. The van der Waals surface area contributed by atoms with Crippen molar-refractivity contribution in [1.82, 2.24) is 10.6 Å². The minimum atomic E-state index is -0.880. The summed E-state index contributed by atoms with van der Waals surface area (Å²) in [5.74, 6) is 0.779. The highest BCUT2D eigenvalue weighted by molar-refractivity contribution is 5.90. The molecule has 138 valence electrons. The molecule has 1 aliphatic heterocycles. The van der Waals surface area contributed by atoms with Crippen LogP contribution in [0.15, 0.2) is 48.5 Å². The van der Waals surface area contributed by atoms with E-state index in [0.29, 0.717) is 18.7 Å². The van der Waals surface area contributed by atoms with Gasteiger partial charge in [-0.1, -0.05) is 30.3 Å². The molecule has 1 aliphatic rings. The van der Waals surface area contributed by atoms with Gasteiger partial charge in [0.15, 0.2) is 0 Å². The lowest BCUT2D eigenvalue weighted by molar-refractivity contribution is 0.0198. The van der Waals surface area contributed by atoms with Crippen LogP contribution in [-0.2, 0) is 0 Å². The molecule has 2 aromatic carbocycles. The van der Waals surface area contributed by atoms with Gasteiger partial charge < -0.3 is 25.8 Å². The topological polar surface area (TPSA) is 82.6 Å². The number of methoxy groups -OCH3 is 1. The summed E-state index contributed by atoms with van der Waals surface area (Å²) in [6.07, 6.45) is 1.59. The number of hydrogen-bond donors (Lipinski definition) is 4. The van der Waals surface area contributed by atoms with Crippen LogP contribution in [-0.4, -0.2) is 43.5 Å². The largest absolute Gasteiger partial charge is 0.496 e. The summed E-state index contributed by atoms with van der Waals surface area (Å²) in [6, 6.07) is 15.0. The van der Waals surface area contributed by atoms with E-state index in [1.807, 2.05) is 48.5 Å². The van der Waals surface area contributed by atoms with Crippen LogP contribution >= 0.6 is 0 Å². The Bertz CT molecular complexity index is 757. The Morgan fingerprint density at radius 1 is 1.27 bits per heavy atom. The van der Waals surface area contributed by atoms with E-state index in [9.17, 15) is 9.90 Å². The van der Waals surface area contributed by atoms with Gasteiger partial charge in [-0.3, -0.25) is 0 Å². The van der Waals surface area contributed by atoms with E-state index < -0.39 is 5.60 Å². The van der Waals surface area contributed by atoms with Gasteiger partial charge in [-0.05, 0) is 43.1 Å². The van der Waals surface area contributed by atoms with Crippen molar-refractivity contribution in [3.8, 4) is 16.9 Å².